The Morgan fingerprint density at radius 1 is 0.846 bits per heavy atom. The van der Waals surface area contributed by atoms with Gasteiger partial charge in [-0.2, -0.15) is 5.10 Å². The van der Waals surface area contributed by atoms with Crippen LogP contribution in [0.2, 0.25) is 5.02 Å². The SMILES string of the molecule is COc1ccc(N(C)c2nnc(C)c3cc(-c4ccc(NC(=O)c5ccccc5)c(Cl)c4)ccc23)c(OC)c1. The number of methoxy groups -OCH3 is 2. The first kappa shape index (κ1) is 26.0. The number of hydrogen-bond donors (Lipinski definition) is 1. The Kier molecular flexibility index (Phi) is 7.34. The molecule has 0 spiro atoms. The molecule has 0 saturated heterocycles. The van der Waals surface area contributed by atoms with Crippen molar-refractivity contribution in [3.05, 3.63) is 101 Å². The molecule has 8 heteroatoms. The number of amides is 1. The second-order valence-corrected chi connectivity index (χ2v) is 9.39. The standard InChI is InChI=1S/C31H27ClN4O3/c1-19-25-16-21(22-11-14-27(26(32)17-22)33-31(37)20-8-6-5-7-9-20)10-13-24(25)30(35-34-19)36(2)28-15-12-23(38-3)18-29(28)39-4/h5-18H,1-4H3,(H,33,37). The van der Waals surface area contributed by atoms with Crippen LogP contribution in [0.3, 0.4) is 0 Å². The van der Waals surface area contributed by atoms with E-state index in [9.17, 15) is 4.79 Å². The molecule has 0 unspecified atom stereocenters. The molecule has 39 heavy (non-hydrogen) atoms. The number of rotatable bonds is 7. The summed E-state index contributed by atoms with van der Waals surface area (Å²) in [5.74, 6) is 1.86. The van der Waals surface area contributed by atoms with Crippen molar-refractivity contribution in [3.8, 4) is 22.6 Å². The lowest BCUT2D eigenvalue weighted by molar-refractivity contribution is 0.102. The molecule has 0 bridgehead atoms. The summed E-state index contributed by atoms with van der Waals surface area (Å²) in [6, 6.07) is 26.4. The van der Waals surface area contributed by atoms with Crippen molar-refractivity contribution in [2.45, 2.75) is 6.92 Å². The lowest BCUT2D eigenvalue weighted by Crippen LogP contribution is -2.14. The average molecular weight is 539 g/mol. The van der Waals surface area contributed by atoms with Gasteiger partial charge in [-0.1, -0.05) is 41.9 Å². The molecule has 196 valence electrons. The zero-order chi connectivity index (χ0) is 27.5. The summed E-state index contributed by atoms with van der Waals surface area (Å²) in [7, 11) is 5.18. The van der Waals surface area contributed by atoms with E-state index in [0.717, 1.165) is 33.3 Å². The molecule has 0 aliphatic rings. The molecular weight excluding hydrogens is 512 g/mol. The number of anilines is 3. The van der Waals surface area contributed by atoms with E-state index in [1.165, 1.54) is 0 Å². The Balaban J connectivity index is 1.47. The highest BCUT2D eigenvalue weighted by Gasteiger charge is 2.18. The van der Waals surface area contributed by atoms with Gasteiger partial charge >= 0.3 is 0 Å². The van der Waals surface area contributed by atoms with E-state index < -0.39 is 0 Å². The van der Waals surface area contributed by atoms with E-state index >= 15 is 0 Å². The van der Waals surface area contributed by atoms with E-state index in [1.54, 1.807) is 26.4 Å². The van der Waals surface area contributed by atoms with Gasteiger partial charge in [0.15, 0.2) is 5.82 Å². The molecule has 1 N–H and O–H groups in total. The zero-order valence-electron chi connectivity index (χ0n) is 22.0. The van der Waals surface area contributed by atoms with Gasteiger partial charge in [0.2, 0.25) is 0 Å². The van der Waals surface area contributed by atoms with E-state index in [0.29, 0.717) is 33.6 Å². The van der Waals surface area contributed by atoms with Gasteiger partial charge in [-0.3, -0.25) is 4.79 Å². The van der Waals surface area contributed by atoms with Crippen molar-refractivity contribution in [1.82, 2.24) is 10.2 Å². The largest absolute Gasteiger partial charge is 0.497 e. The number of carbonyl (C=O) groups excluding carboxylic acids is 1. The van der Waals surface area contributed by atoms with Crippen molar-refractivity contribution < 1.29 is 14.3 Å². The predicted octanol–water partition coefficient (Wildman–Crippen LogP) is 7.30. The van der Waals surface area contributed by atoms with Gasteiger partial charge in [-0.15, -0.1) is 5.10 Å². The van der Waals surface area contributed by atoms with Crippen molar-refractivity contribution in [2.75, 3.05) is 31.5 Å². The minimum absolute atomic E-state index is 0.213. The highest BCUT2D eigenvalue weighted by Crippen LogP contribution is 2.38. The highest BCUT2D eigenvalue weighted by atomic mass is 35.5. The molecule has 7 nitrogen and oxygen atoms in total. The van der Waals surface area contributed by atoms with Crippen molar-refractivity contribution in [2.24, 2.45) is 0 Å². The number of nitrogens with zero attached hydrogens (tertiary/aromatic N) is 3. The summed E-state index contributed by atoms with van der Waals surface area (Å²) < 4.78 is 10.9. The Labute approximate surface area is 232 Å². The zero-order valence-corrected chi connectivity index (χ0v) is 22.8. The summed E-state index contributed by atoms with van der Waals surface area (Å²) in [5, 5.41) is 14.2. The van der Waals surface area contributed by atoms with Gasteiger partial charge < -0.3 is 19.7 Å². The van der Waals surface area contributed by atoms with Crippen LogP contribution in [-0.2, 0) is 0 Å². The molecule has 4 aromatic carbocycles. The van der Waals surface area contributed by atoms with Crippen LogP contribution in [0.15, 0.2) is 84.9 Å². The van der Waals surface area contributed by atoms with Crippen LogP contribution in [0.25, 0.3) is 21.9 Å². The molecule has 1 heterocycles. The lowest BCUT2D eigenvalue weighted by Gasteiger charge is -2.22. The van der Waals surface area contributed by atoms with Crippen LogP contribution in [0.1, 0.15) is 16.1 Å². The summed E-state index contributed by atoms with van der Waals surface area (Å²) in [6.45, 7) is 1.94. The summed E-state index contributed by atoms with van der Waals surface area (Å²) in [4.78, 5) is 14.5. The van der Waals surface area contributed by atoms with Gasteiger partial charge in [0, 0.05) is 29.4 Å². The van der Waals surface area contributed by atoms with E-state index in [4.69, 9.17) is 21.1 Å². The third-order valence-corrected chi connectivity index (χ3v) is 6.91. The first-order chi connectivity index (χ1) is 18.9. The number of halogens is 1. The fraction of sp³-hybridized carbons (Fsp3) is 0.129. The molecular formula is C31H27ClN4O3. The Bertz CT molecular complexity index is 1670. The summed E-state index contributed by atoms with van der Waals surface area (Å²) in [6.07, 6.45) is 0. The molecule has 0 saturated carbocycles. The van der Waals surface area contributed by atoms with Crippen molar-refractivity contribution >= 4 is 45.5 Å². The normalized spacial score (nSPS) is 10.8. The number of nitrogens with one attached hydrogen (secondary N) is 1. The quantitative estimate of drug-likeness (QED) is 0.234. The van der Waals surface area contributed by atoms with E-state index in [-0.39, 0.29) is 5.91 Å². The van der Waals surface area contributed by atoms with E-state index in [1.807, 2.05) is 85.6 Å². The van der Waals surface area contributed by atoms with Gasteiger partial charge in [0.25, 0.3) is 5.91 Å². The number of benzene rings is 4. The average Bonchev–Trinajstić information content (AvgIpc) is 2.98. The maximum absolute atomic E-state index is 12.6. The summed E-state index contributed by atoms with van der Waals surface area (Å²) in [5.41, 5.74) is 4.65. The van der Waals surface area contributed by atoms with Crippen molar-refractivity contribution in [3.63, 3.8) is 0 Å². The van der Waals surface area contributed by atoms with Gasteiger partial charge in [-0.05, 0) is 66.6 Å². The second kappa shape index (κ2) is 11.0. The smallest absolute Gasteiger partial charge is 0.255 e. The molecule has 0 radical (unpaired) electrons. The molecule has 1 amide bonds. The molecule has 0 fully saturated rings. The topological polar surface area (TPSA) is 76.6 Å². The predicted molar refractivity (Wildman–Crippen MR) is 157 cm³/mol. The van der Waals surface area contributed by atoms with Gasteiger partial charge in [0.05, 0.1) is 36.3 Å². The third kappa shape index (κ3) is 5.22. The Hall–Kier alpha value is -4.62. The second-order valence-electron chi connectivity index (χ2n) is 8.98. The Morgan fingerprint density at radius 2 is 1.59 bits per heavy atom. The summed E-state index contributed by atoms with van der Waals surface area (Å²) >= 11 is 6.58. The van der Waals surface area contributed by atoms with Crippen LogP contribution in [0, 0.1) is 6.92 Å². The fourth-order valence-electron chi connectivity index (χ4n) is 4.45. The van der Waals surface area contributed by atoms with Crippen LogP contribution >= 0.6 is 11.6 Å². The van der Waals surface area contributed by atoms with Gasteiger partial charge in [-0.25, -0.2) is 0 Å². The Morgan fingerprint density at radius 3 is 2.31 bits per heavy atom. The highest BCUT2D eigenvalue weighted by molar-refractivity contribution is 6.34. The van der Waals surface area contributed by atoms with Crippen molar-refractivity contribution in [1.29, 1.82) is 0 Å². The number of ether oxygens (including phenoxy) is 2. The number of fused-ring (bicyclic) bond motifs is 1. The minimum atomic E-state index is -0.213. The third-order valence-electron chi connectivity index (χ3n) is 6.60. The lowest BCUT2D eigenvalue weighted by atomic mass is 10.0. The molecule has 1 aromatic heterocycles. The van der Waals surface area contributed by atoms with E-state index in [2.05, 4.69) is 21.6 Å². The maximum Gasteiger partial charge on any atom is 0.255 e. The van der Waals surface area contributed by atoms with Crippen LogP contribution in [0.5, 0.6) is 11.5 Å². The number of carbonyl (C=O) groups is 1. The van der Waals surface area contributed by atoms with Gasteiger partial charge in [0.1, 0.15) is 11.5 Å². The minimum Gasteiger partial charge on any atom is -0.497 e. The van der Waals surface area contributed by atoms with Crippen LogP contribution in [0.4, 0.5) is 17.2 Å². The maximum atomic E-state index is 12.6. The van der Waals surface area contributed by atoms with Crippen LogP contribution < -0.4 is 19.7 Å². The molecule has 0 aliphatic heterocycles. The molecule has 5 rings (SSSR count). The molecule has 0 aliphatic carbocycles. The fourth-order valence-corrected chi connectivity index (χ4v) is 4.68. The molecule has 5 aromatic rings. The number of aryl methyl sites for hydroxylation is 1. The first-order valence-corrected chi connectivity index (χ1v) is 12.7. The van der Waals surface area contributed by atoms with Crippen LogP contribution in [-0.4, -0.2) is 37.4 Å². The number of hydrogen-bond acceptors (Lipinski definition) is 6. The number of aromatic nitrogens is 2. The monoisotopic (exact) mass is 538 g/mol. The molecule has 0 atom stereocenters. The first-order valence-electron chi connectivity index (χ1n) is 12.3.